The summed E-state index contributed by atoms with van der Waals surface area (Å²) in [6.45, 7) is 8.57. The Morgan fingerprint density at radius 2 is 1.81 bits per heavy atom. The van der Waals surface area contributed by atoms with E-state index in [0.717, 1.165) is 28.7 Å². The second kappa shape index (κ2) is 9.92. The van der Waals surface area contributed by atoms with Crippen molar-refractivity contribution in [2.45, 2.75) is 52.7 Å². The van der Waals surface area contributed by atoms with Gasteiger partial charge in [-0.05, 0) is 56.4 Å². The van der Waals surface area contributed by atoms with Gasteiger partial charge < -0.3 is 9.64 Å². The Bertz CT molecular complexity index is 981. The number of carbonyl (C=O) groups excluding carboxylic acids is 2. The number of amides is 1. The van der Waals surface area contributed by atoms with Gasteiger partial charge in [-0.25, -0.2) is 0 Å². The lowest BCUT2D eigenvalue weighted by molar-refractivity contribution is -0.141. The van der Waals surface area contributed by atoms with Gasteiger partial charge in [-0.1, -0.05) is 54.1 Å². The van der Waals surface area contributed by atoms with Crippen molar-refractivity contribution in [2.24, 2.45) is 0 Å². The molecule has 31 heavy (non-hydrogen) atoms. The maximum absolute atomic E-state index is 13.0. The molecule has 0 saturated heterocycles. The maximum Gasteiger partial charge on any atom is 0.307 e. The molecule has 5 nitrogen and oxygen atoms in total. The van der Waals surface area contributed by atoms with Gasteiger partial charge in [0, 0.05) is 18.2 Å². The molecule has 3 rings (SSSR count). The number of nitrogens with zero attached hydrogens (tertiary/aromatic N) is 1. The smallest absolute Gasteiger partial charge is 0.307 e. The van der Waals surface area contributed by atoms with Crippen LogP contribution in [0.4, 0.5) is 0 Å². The normalized spacial score (nSPS) is 17.3. The SMILES string of the molecule is COC(=O)CC(NC1C(C)=C(C)C(=O)N1CCc1ccccc1)c1ccc(C)cc1C. The lowest BCUT2D eigenvalue weighted by atomic mass is 9.96. The molecule has 1 aliphatic heterocycles. The van der Waals surface area contributed by atoms with Gasteiger partial charge in [0.2, 0.25) is 0 Å². The van der Waals surface area contributed by atoms with Crippen LogP contribution in [0.25, 0.3) is 0 Å². The average molecular weight is 421 g/mol. The molecule has 0 fully saturated rings. The van der Waals surface area contributed by atoms with Gasteiger partial charge in [0.05, 0.1) is 13.5 Å². The second-order valence-electron chi connectivity index (χ2n) is 8.30. The van der Waals surface area contributed by atoms with Gasteiger partial charge in [0.25, 0.3) is 5.91 Å². The number of carbonyl (C=O) groups is 2. The molecular weight excluding hydrogens is 388 g/mol. The summed E-state index contributed by atoms with van der Waals surface area (Å²) in [5.74, 6) is -0.237. The van der Waals surface area contributed by atoms with Gasteiger partial charge in [0.1, 0.15) is 6.17 Å². The maximum atomic E-state index is 13.0. The Kier molecular flexibility index (Phi) is 7.29. The number of methoxy groups -OCH3 is 1. The number of hydrogen-bond acceptors (Lipinski definition) is 4. The highest BCUT2D eigenvalue weighted by Crippen LogP contribution is 2.29. The first-order valence-corrected chi connectivity index (χ1v) is 10.7. The standard InChI is InChI=1S/C26H32N2O3/c1-17-11-12-22(18(2)15-17)23(16-24(29)31-5)27-25-19(3)20(4)26(30)28(25)14-13-21-9-7-6-8-10-21/h6-12,15,23,25,27H,13-14,16H2,1-5H3. The van der Waals surface area contributed by atoms with Gasteiger partial charge in [-0.3, -0.25) is 14.9 Å². The van der Waals surface area contributed by atoms with Crippen molar-refractivity contribution in [1.82, 2.24) is 10.2 Å². The Morgan fingerprint density at radius 3 is 2.45 bits per heavy atom. The first kappa shape index (κ1) is 22.8. The van der Waals surface area contributed by atoms with E-state index in [4.69, 9.17) is 4.74 Å². The number of nitrogens with one attached hydrogen (secondary N) is 1. The lowest BCUT2D eigenvalue weighted by Crippen LogP contribution is -2.47. The Labute approximate surface area is 185 Å². The molecule has 1 heterocycles. The molecule has 164 valence electrons. The fourth-order valence-electron chi connectivity index (χ4n) is 4.20. The van der Waals surface area contributed by atoms with E-state index in [0.29, 0.717) is 6.54 Å². The largest absolute Gasteiger partial charge is 0.469 e. The van der Waals surface area contributed by atoms with E-state index in [-0.39, 0.29) is 30.5 Å². The summed E-state index contributed by atoms with van der Waals surface area (Å²) in [5, 5.41) is 3.60. The van der Waals surface area contributed by atoms with Crippen LogP contribution in [0.3, 0.4) is 0 Å². The molecule has 1 N–H and O–H groups in total. The van der Waals surface area contributed by atoms with Crippen LogP contribution in [0, 0.1) is 13.8 Å². The molecule has 0 spiro atoms. The summed E-state index contributed by atoms with van der Waals surface area (Å²) >= 11 is 0. The minimum absolute atomic E-state index is 0.0448. The Balaban J connectivity index is 1.86. The number of hydrogen-bond donors (Lipinski definition) is 1. The van der Waals surface area contributed by atoms with Crippen molar-refractivity contribution in [3.8, 4) is 0 Å². The number of esters is 1. The van der Waals surface area contributed by atoms with Crippen molar-refractivity contribution in [1.29, 1.82) is 0 Å². The van der Waals surface area contributed by atoms with Crippen molar-refractivity contribution < 1.29 is 14.3 Å². The topological polar surface area (TPSA) is 58.6 Å². The number of aryl methyl sites for hydroxylation is 2. The van der Waals surface area contributed by atoms with Crippen molar-refractivity contribution in [3.05, 3.63) is 81.9 Å². The van der Waals surface area contributed by atoms with Gasteiger partial charge in [0.15, 0.2) is 0 Å². The van der Waals surface area contributed by atoms with E-state index in [1.54, 1.807) is 0 Å². The molecule has 0 radical (unpaired) electrons. The highest BCUT2D eigenvalue weighted by Gasteiger charge is 2.36. The summed E-state index contributed by atoms with van der Waals surface area (Å²) in [4.78, 5) is 27.1. The number of benzene rings is 2. The Hall–Kier alpha value is -2.92. The van der Waals surface area contributed by atoms with Gasteiger partial charge in [-0.2, -0.15) is 0 Å². The van der Waals surface area contributed by atoms with Crippen LogP contribution >= 0.6 is 0 Å². The molecule has 2 unspecified atom stereocenters. The Morgan fingerprint density at radius 1 is 1.10 bits per heavy atom. The van der Waals surface area contributed by atoms with Crippen LogP contribution in [0.15, 0.2) is 59.7 Å². The van der Waals surface area contributed by atoms with E-state index in [9.17, 15) is 9.59 Å². The minimum atomic E-state index is -0.281. The molecule has 0 aromatic heterocycles. The zero-order chi connectivity index (χ0) is 22.5. The van der Waals surface area contributed by atoms with Crippen LogP contribution in [0.2, 0.25) is 0 Å². The van der Waals surface area contributed by atoms with Crippen LogP contribution in [-0.2, 0) is 20.7 Å². The van der Waals surface area contributed by atoms with Crippen LogP contribution in [0.5, 0.6) is 0 Å². The molecule has 0 aliphatic carbocycles. The summed E-state index contributed by atoms with van der Waals surface area (Å²) in [5.41, 5.74) is 6.28. The monoisotopic (exact) mass is 420 g/mol. The zero-order valence-electron chi connectivity index (χ0n) is 19.1. The van der Waals surface area contributed by atoms with Crippen LogP contribution < -0.4 is 5.32 Å². The second-order valence-corrected chi connectivity index (χ2v) is 8.30. The third kappa shape index (κ3) is 5.23. The highest BCUT2D eigenvalue weighted by molar-refractivity contribution is 5.97. The van der Waals surface area contributed by atoms with Crippen molar-refractivity contribution >= 4 is 11.9 Å². The fourth-order valence-corrected chi connectivity index (χ4v) is 4.20. The average Bonchev–Trinajstić information content (AvgIpc) is 2.96. The summed E-state index contributed by atoms with van der Waals surface area (Å²) in [6, 6.07) is 16.1. The summed E-state index contributed by atoms with van der Waals surface area (Å²) in [7, 11) is 1.40. The first-order chi connectivity index (χ1) is 14.8. The molecule has 5 heteroatoms. The molecule has 1 amide bonds. The summed E-state index contributed by atoms with van der Waals surface area (Å²) < 4.78 is 4.96. The van der Waals surface area contributed by atoms with E-state index in [1.165, 1.54) is 18.2 Å². The van der Waals surface area contributed by atoms with E-state index < -0.39 is 0 Å². The van der Waals surface area contributed by atoms with E-state index in [1.807, 2.05) is 36.9 Å². The zero-order valence-corrected chi connectivity index (χ0v) is 19.1. The molecule has 2 aromatic carbocycles. The van der Waals surface area contributed by atoms with Crippen LogP contribution in [0.1, 0.15) is 48.6 Å². The van der Waals surface area contributed by atoms with Crippen molar-refractivity contribution in [3.63, 3.8) is 0 Å². The highest BCUT2D eigenvalue weighted by atomic mass is 16.5. The third-order valence-electron chi connectivity index (χ3n) is 6.14. The minimum Gasteiger partial charge on any atom is -0.469 e. The molecule has 0 bridgehead atoms. The van der Waals surface area contributed by atoms with E-state index in [2.05, 4.69) is 49.5 Å². The summed E-state index contributed by atoms with van der Waals surface area (Å²) in [6.07, 6.45) is 0.715. The molecule has 2 atom stereocenters. The first-order valence-electron chi connectivity index (χ1n) is 10.7. The van der Waals surface area contributed by atoms with Gasteiger partial charge in [-0.15, -0.1) is 0 Å². The molecule has 1 aliphatic rings. The predicted molar refractivity (Wildman–Crippen MR) is 122 cm³/mol. The fraction of sp³-hybridized carbons (Fsp3) is 0.385. The van der Waals surface area contributed by atoms with Gasteiger partial charge >= 0.3 is 5.97 Å². The number of ether oxygens (including phenoxy) is 1. The van der Waals surface area contributed by atoms with Crippen LogP contribution in [-0.4, -0.2) is 36.6 Å². The third-order valence-corrected chi connectivity index (χ3v) is 6.14. The number of rotatable bonds is 8. The quantitative estimate of drug-likeness (QED) is 0.649. The van der Waals surface area contributed by atoms with Crippen molar-refractivity contribution in [2.75, 3.05) is 13.7 Å². The molecule has 0 saturated carbocycles. The lowest BCUT2D eigenvalue weighted by Gasteiger charge is -2.32. The molecule has 2 aromatic rings. The molecular formula is C26H32N2O3. The van der Waals surface area contributed by atoms with E-state index >= 15 is 0 Å². The predicted octanol–water partition coefficient (Wildman–Crippen LogP) is 4.24.